The summed E-state index contributed by atoms with van der Waals surface area (Å²) in [6.45, 7) is 3.54. The Morgan fingerprint density at radius 2 is 2.31 bits per heavy atom. The van der Waals surface area contributed by atoms with Gasteiger partial charge in [0.15, 0.2) is 0 Å². The fraction of sp³-hybridized carbons (Fsp3) is 0.700. The predicted octanol–water partition coefficient (Wildman–Crippen LogP) is 1.66. The van der Waals surface area contributed by atoms with Crippen LogP contribution in [-0.4, -0.2) is 24.3 Å². The van der Waals surface area contributed by atoms with Crippen molar-refractivity contribution in [2.75, 3.05) is 7.11 Å². The minimum atomic E-state index is -0.310. The van der Waals surface area contributed by atoms with Crippen LogP contribution in [0.3, 0.4) is 0 Å². The van der Waals surface area contributed by atoms with E-state index in [1.807, 2.05) is 0 Å². The van der Waals surface area contributed by atoms with Gasteiger partial charge in [-0.1, -0.05) is 12.5 Å². The van der Waals surface area contributed by atoms with Gasteiger partial charge in [0.25, 0.3) is 0 Å². The van der Waals surface area contributed by atoms with E-state index in [4.69, 9.17) is 0 Å². The number of carbonyl (C=O) groups is 1. The summed E-state index contributed by atoms with van der Waals surface area (Å²) in [6, 6.07) is 0. The lowest BCUT2D eigenvalue weighted by molar-refractivity contribution is -0.140. The van der Waals surface area contributed by atoms with E-state index >= 15 is 0 Å². The first-order chi connectivity index (χ1) is 6.20. The molecule has 3 nitrogen and oxygen atoms in total. The summed E-state index contributed by atoms with van der Waals surface area (Å²) >= 11 is 0. The largest absolute Gasteiger partial charge is 0.469 e. The molecule has 76 valence electrons. The van der Waals surface area contributed by atoms with Crippen LogP contribution in [-0.2, 0) is 9.53 Å². The molecular weight excluding hydrogens is 168 g/mol. The molecule has 0 radical (unpaired) electrons. The fourth-order valence-corrected chi connectivity index (χ4v) is 1.06. The molecule has 0 saturated heterocycles. The smallest absolute Gasteiger partial charge is 0.305 e. The number of aliphatic hydroxyl groups excluding tert-OH is 1. The maximum Gasteiger partial charge on any atom is 0.305 e. The molecule has 0 aliphatic rings. The molecule has 0 saturated carbocycles. The van der Waals surface area contributed by atoms with E-state index in [9.17, 15) is 9.90 Å². The molecule has 0 aromatic rings. The second-order valence-electron chi connectivity index (χ2n) is 3.00. The van der Waals surface area contributed by atoms with Crippen molar-refractivity contribution in [1.82, 2.24) is 0 Å². The number of aliphatic hydroxyl groups is 1. The number of rotatable bonds is 7. The first kappa shape index (κ1) is 12.2. The molecule has 0 bridgehead atoms. The molecule has 13 heavy (non-hydrogen) atoms. The zero-order chi connectivity index (χ0) is 10.1. The summed E-state index contributed by atoms with van der Waals surface area (Å²) in [6.07, 6.45) is 4.81. The normalized spacial score (nSPS) is 12.2. The fourth-order valence-electron chi connectivity index (χ4n) is 1.06. The topological polar surface area (TPSA) is 46.5 Å². The highest BCUT2D eigenvalue weighted by atomic mass is 16.5. The Balaban J connectivity index is 3.24. The number of unbranched alkanes of at least 4 members (excludes halogenated alkanes) is 1. The molecule has 0 heterocycles. The van der Waals surface area contributed by atoms with Gasteiger partial charge in [0.2, 0.25) is 0 Å². The second kappa shape index (κ2) is 7.80. The van der Waals surface area contributed by atoms with Crippen LogP contribution in [0.5, 0.6) is 0 Å². The van der Waals surface area contributed by atoms with E-state index in [2.05, 4.69) is 11.3 Å². The summed E-state index contributed by atoms with van der Waals surface area (Å²) in [5.74, 6) is -0.182. The molecule has 1 atom stereocenters. The molecule has 1 N–H and O–H groups in total. The molecule has 0 rings (SSSR count). The van der Waals surface area contributed by atoms with Crippen LogP contribution in [0.2, 0.25) is 0 Å². The molecular formula is C10H18O3. The molecule has 0 fully saturated rings. The van der Waals surface area contributed by atoms with E-state index in [0.29, 0.717) is 12.8 Å². The number of ether oxygens (including phenoxy) is 1. The predicted molar refractivity (Wildman–Crippen MR) is 51.3 cm³/mol. The third kappa shape index (κ3) is 7.53. The van der Waals surface area contributed by atoms with Gasteiger partial charge in [0.1, 0.15) is 0 Å². The van der Waals surface area contributed by atoms with E-state index < -0.39 is 0 Å². The van der Waals surface area contributed by atoms with Gasteiger partial charge in [0.05, 0.1) is 13.2 Å². The highest BCUT2D eigenvalue weighted by Crippen LogP contribution is 2.07. The van der Waals surface area contributed by atoms with Crippen LogP contribution in [0.15, 0.2) is 12.7 Å². The van der Waals surface area contributed by atoms with E-state index in [1.165, 1.54) is 7.11 Å². The monoisotopic (exact) mass is 186 g/mol. The van der Waals surface area contributed by atoms with E-state index in [1.54, 1.807) is 6.08 Å². The van der Waals surface area contributed by atoms with Crippen LogP contribution in [0.25, 0.3) is 0 Å². The number of carbonyl (C=O) groups excluding carboxylic acids is 1. The highest BCUT2D eigenvalue weighted by molar-refractivity contribution is 5.68. The lowest BCUT2D eigenvalue weighted by Gasteiger charge is -2.06. The number of hydrogen-bond acceptors (Lipinski definition) is 3. The summed E-state index contributed by atoms with van der Waals surface area (Å²) < 4.78 is 4.49. The molecule has 0 aliphatic carbocycles. The van der Waals surface area contributed by atoms with Crippen molar-refractivity contribution >= 4 is 5.97 Å². The Kier molecular flexibility index (Phi) is 7.30. The van der Waals surface area contributed by atoms with Crippen LogP contribution in [0, 0.1) is 0 Å². The lowest BCUT2D eigenvalue weighted by Crippen LogP contribution is -2.05. The standard InChI is InChI=1S/C10H18O3/c1-3-6-9(11)7-4-5-8-10(12)13-2/h3,9,11H,1,4-8H2,2H3/t9-/m1/s1. The van der Waals surface area contributed by atoms with Gasteiger partial charge in [-0.05, 0) is 19.3 Å². The van der Waals surface area contributed by atoms with Crippen LogP contribution in [0.1, 0.15) is 32.1 Å². The van der Waals surface area contributed by atoms with E-state index in [-0.39, 0.29) is 12.1 Å². The third-order valence-corrected chi connectivity index (χ3v) is 1.83. The van der Waals surface area contributed by atoms with Crippen molar-refractivity contribution in [2.24, 2.45) is 0 Å². The molecule has 0 aromatic carbocycles. The third-order valence-electron chi connectivity index (χ3n) is 1.83. The lowest BCUT2D eigenvalue weighted by atomic mass is 10.1. The molecule has 0 aliphatic heterocycles. The van der Waals surface area contributed by atoms with Crippen LogP contribution >= 0.6 is 0 Å². The van der Waals surface area contributed by atoms with Gasteiger partial charge in [-0.3, -0.25) is 4.79 Å². The maximum atomic E-state index is 10.7. The van der Waals surface area contributed by atoms with Gasteiger partial charge in [-0.25, -0.2) is 0 Å². The minimum Gasteiger partial charge on any atom is -0.469 e. The zero-order valence-corrected chi connectivity index (χ0v) is 8.16. The molecule has 0 spiro atoms. The Hall–Kier alpha value is -0.830. The Morgan fingerprint density at radius 3 is 2.85 bits per heavy atom. The van der Waals surface area contributed by atoms with Crippen molar-refractivity contribution in [3.05, 3.63) is 12.7 Å². The van der Waals surface area contributed by atoms with Crippen molar-refractivity contribution in [3.63, 3.8) is 0 Å². The average molecular weight is 186 g/mol. The van der Waals surface area contributed by atoms with Crippen molar-refractivity contribution in [3.8, 4) is 0 Å². The summed E-state index contributed by atoms with van der Waals surface area (Å²) in [5.41, 5.74) is 0. The van der Waals surface area contributed by atoms with Crippen LogP contribution < -0.4 is 0 Å². The second-order valence-corrected chi connectivity index (χ2v) is 3.00. The van der Waals surface area contributed by atoms with Gasteiger partial charge < -0.3 is 9.84 Å². The molecule has 3 heteroatoms. The van der Waals surface area contributed by atoms with Gasteiger partial charge in [0, 0.05) is 6.42 Å². The number of methoxy groups -OCH3 is 1. The molecule has 0 amide bonds. The Labute approximate surface area is 79.4 Å². The maximum absolute atomic E-state index is 10.7. The van der Waals surface area contributed by atoms with Crippen molar-refractivity contribution in [2.45, 2.75) is 38.2 Å². The number of esters is 1. The minimum absolute atomic E-state index is 0.182. The highest BCUT2D eigenvalue weighted by Gasteiger charge is 2.03. The van der Waals surface area contributed by atoms with Gasteiger partial charge in [-0.15, -0.1) is 6.58 Å². The Morgan fingerprint density at radius 1 is 1.62 bits per heavy atom. The SMILES string of the molecule is C=CC[C@@H](O)CCCCC(=O)OC. The number of hydrogen-bond donors (Lipinski definition) is 1. The first-order valence-corrected chi connectivity index (χ1v) is 4.56. The van der Waals surface area contributed by atoms with Gasteiger partial charge in [-0.2, -0.15) is 0 Å². The zero-order valence-electron chi connectivity index (χ0n) is 8.16. The van der Waals surface area contributed by atoms with Crippen LogP contribution in [0.4, 0.5) is 0 Å². The Bertz CT molecular complexity index is 154. The summed E-state index contributed by atoms with van der Waals surface area (Å²) in [7, 11) is 1.38. The molecule has 0 unspecified atom stereocenters. The first-order valence-electron chi connectivity index (χ1n) is 4.56. The van der Waals surface area contributed by atoms with Crippen molar-refractivity contribution < 1.29 is 14.6 Å². The average Bonchev–Trinajstić information content (AvgIpc) is 2.12. The van der Waals surface area contributed by atoms with Gasteiger partial charge >= 0.3 is 5.97 Å². The van der Waals surface area contributed by atoms with Crippen molar-refractivity contribution in [1.29, 1.82) is 0 Å². The quantitative estimate of drug-likeness (QED) is 0.373. The molecule has 0 aromatic heterocycles. The summed E-state index contributed by atoms with van der Waals surface area (Å²) in [5, 5.41) is 9.28. The van der Waals surface area contributed by atoms with E-state index in [0.717, 1.165) is 19.3 Å². The summed E-state index contributed by atoms with van der Waals surface area (Å²) in [4.78, 5) is 10.7.